The first kappa shape index (κ1) is 23.9. The zero-order chi connectivity index (χ0) is 24.6. The Bertz CT molecular complexity index is 1310. The number of aromatic hydroxyl groups is 1. The Labute approximate surface area is 204 Å². The fraction of sp³-hybridized carbons (Fsp3) is 0.250. The van der Waals surface area contributed by atoms with Crippen LogP contribution in [0.5, 0.6) is 11.5 Å². The number of aliphatic hydroxyl groups excluding tert-OH is 1. The first-order chi connectivity index (χ1) is 16.3. The molecule has 2 heterocycles. The van der Waals surface area contributed by atoms with Gasteiger partial charge < -0.3 is 29.0 Å². The minimum atomic E-state index is -0.950. The number of hydrogen-bond acceptors (Lipinski definition) is 7. The number of rotatable bonds is 8. The highest BCUT2D eigenvalue weighted by atomic mass is 35.5. The molecular formula is C24H21Cl2NO7. The minimum Gasteiger partial charge on any atom is -0.506 e. The third-order valence-corrected chi connectivity index (χ3v) is 6.09. The number of aliphatic hydroxyl groups is 1. The molecular weight excluding hydrogens is 485 g/mol. The Kier molecular flexibility index (Phi) is 6.74. The molecule has 0 radical (unpaired) electrons. The number of ketones is 1. The number of phenols is 1. The number of benzene rings is 2. The van der Waals surface area contributed by atoms with Gasteiger partial charge in [-0.2, -0.15) is 0 Å². The van der Waals surface area contributed by atoms with Crippen molar-refractivity contribution in [3.8, 4) is 11.5 Å². The molecule has 0 saturated carbocycles. The molecule has 1 amide bonds. The molecule has 8 nitrogen and oxygen atoms in total. The topological polar surface area (TPSA) is 109 Å². The van der Waals surface area contributed by atoms with E-state index in [-0.39, 0.29) is 28.7 Å². The second-order valence-corrected chi connectivity index (χ2v) is 8.53. The lowest BCUT2D eigenvalue weighted by molar-refractivity contribution is -0.129. The number of phenolic OH excluding ortho intramolecular Hbond substituents is 1. The van der Waals surface area contributed by atoms with Crippen molar-refractivity contribution in [2.75, 3.05) is 27.4 Å². The minimum absolute atomic E-state index is 0.0445. The lowest BCUT2D eigenvalue weighted by Crippen LogP contribution is -2.32. The van der Waals surface area contributed by atoms with Gasteiger partial charge in [-0.1, -0.05) is 29.3 Å². The van der Waals surface area contributed by atoms with E-state index in [1.807, 2.05) is 0 Å². The SMILES string of the molecule is COCCCN1C(=O)C(O)=C(C(=O)c2cc3cc(Cl)cc(OC)c3o2)C1c1ccc(O)c(Cl)c1. The molecule has 1 atom stereocenters. The fourth-order valence-corrected chi connectivity index (χ4v) is 4.42. The van der Waals surface area contributed by atoms with Crippen LogP contribution in [0.25, 0.3) is 11.0 Å². The zero-order valence-electron chi connectivity index (χ0n) is 18.3. The smallest absolute Gasteiger partial charge is 0.290 e. The van der Waals surface area contributed by atoms with Gasteiger partial charge in [0.15, 0.2) is 22.9 Å². The van der Waals surface area contributed by atoms with E-state index in [9.17, 15) is 19.8 Å². The van der Waals surface area contributed by atoms with Crippen molar-refractivity contribution < 1.29 is 33.7 Å². The van der Waals surface area contributed by atoms with E-state index in [0.717, 1.165) is 0 Å². The van der Waals surface area contributed by atoms with Crippen LogP contribution in [0.2, 0.25) is 10.0 Å². The first-order valence-electron chi connectivity index (χ1n) is 10.3. The van der Waals surface area contributed by atoms with Gasteiger partial charge in [0.1, 0.15) is 5.75 Å². The normalized spacial score (nSPS) is 16.1. The number of methoxy groups -OCH3 is 2. The number of ether oxygens (including phenoxy) is 2. The maximum atomic E-state index is 13.6. The first-order valence-corrected chi connectivity index (χ1v) is 11.1. The van der Waals surface area contributed by atoms with Gasteiger partial charge in [0.05, 0.1) is 23.7 Å². The van der Waals surface area contributed by atoms with Crippen molar-refractivity contribution in [1.82, 2.24) is 4.90 Å². The van der Waals surface area contributed by atoms with Gasteiger partial charge in [0, 0.05) is 36.7 Å². The molecule has 10 heteroatoms. The number of fused-ring (bicyclic) bond motifs is 1. The van der Waals surface area contributed by atoms with Gasteiger partial charge >= 0.3 is 0 Å². The molecule has 1 aliphatic heterocycles. The molecule has 0 saturated heterocycles. The molecule has 1 aromatic heterocycles. The largest absolute Gasteiger partial charge is 0.506 e. The Hall–Kier alpha value is -3.20. The number of Topliss-reactive ketones (excluding diaryl/α,β-unsaturated/α-hetero) is 1. The number of carbonyl (C=O) groups is 2. The summed E-state index contributed by atoms with van der Waals surface area (Å²) in [6, 6.07) is 8.04. The molecule has 2 aromatic carbocycles. The number of carbonyl (C=O) groups excluding carboxylic acids is 2. The summed E-state index contributed by atoms with van der Waals surface area (Å²) in [5, 5.41) is 21.6. The highest BCUT2D eigenvalue weighted by Crippen LogP contribution is 2.42. The van der Waals surface area contributed by atoms with Crippen molar-refractivity contribution in [2.24, 2.45) is 0 Å². The average Bonchev–Trinajstić information content (AvgIpc) is 3.34. The lowest BCUT2D eigenvalue weighted by atomic mass is 9.95. The van der Waals surface area contributed by atoms with Crippen LogP contribution in [0.15, 0.2) is 52.1 Å². The fourth-order valence-electron chi connectivity index (χ4n) is 4.02. The van der Waals surface area contributed by atoms with E-state index in [4.69, 9.17) is 37.1 Å². The van der Waals surface area contributed by atoms with Crippen molar-refractivity contribution in [3.05, 3.63) is 69.1 Å². The summed E-state index contributed by atoms with van der Waals surface area (Å²) >= 11 is 12.2. The van der Waals surface area contributed by atoms with Crippen LogP contribution in [0.3, 0.4) is 0 Å². The summed E-state index contributed by atoms with van der Waals surface area (Å²) in [7, 11) is 2.98. The number of furan rings is 1. The monoisotopic (exact) mass is 505 g/mol. The highest BCUT2D eigenvalue weighted by Gasteiger charge is 2.44. The predicted molar refractivity (Wildman–Crippen MR) is 126 cm³/mol. The van der Waals surface area contributed by atoms with Crippen LogP contribution in [0, 0.1) is 0 Å². The molecule has 1 unspecified atom stereocenters. The molecule has 0 bridgehead atoms. The van der Waals surface area contributed by atoms with E-state index in [1.54, 1.807) is 12.1 Å². The van der Waals surface area contributed by atoms with Crippen LogP contribution >= 0.6 is 23.2 Å². The van der Waals surface area contributed by atoms with Crippen molar-refractivity contribution >= 4 is 45.9 Å². The summed E-state index contributed by atoms with van der Waals surface area (Å²) in [6.07, 6.45) is 0.472. The third-order valence-electron chi connectivity index (χ3n) is 5.57. The Morgan fingerprint density at radius 1 is 1.15 bits per heavy atom. The maximum Gasteiger partial charge on any atom is 0.290 e. The van der Waals surface area contributed by atoms with Crippen LogP contribution < -0.4 is 4.74 Å². The molecule has 4 rings (SSSR count). The molecule has 3 aromatic rings. The number of halogens is 2. The van der Waals surface area contributed by atoms with Crippen molar-refractivity contribution in [1.29, 1.82) is 0 Å². The van der Waals surface area contributed by atoms with Crippen LogP contribution in [0.1, 0.15) is 28.6 Å². The summed E-state index contributed by atoms with van der Waals surface area (Å²) < 4.78 is 16.1. The number of amides is 1. The zero-order valence-corrected chi connectivity index (χ0v) is 19.8. The Morgan fingerprint density at radius 3 is 2.59 bits per heavy atom. The molecule has 0 aliphatic carbocycles. The van der Waals surface area contributed by atoms with Gasteiger partial charge in [-0.25, -0.2) is 0 Å². The Morgan fingerprint density at radius 2 is 1.91 bits per heavy atom. The van der Waals surface area contributed by atoms with Crippen molar-refractivity contribution in [3.63, 3.8) is 0 Å². The molecule has 0 spiro atoms. The van der Waals surface area contributed by atoms with Gasteiger partial charge in [-0.05, 0) is 36.2 Å². The standard InChI is InChI=1S/C24H21Cl2NO7/c1-32-7-3-6-27-20(12-4-5-16(28)15(26)9-12)19(22(30)24(27)31)21(29)17-10-13-8-14(25)11-18(33-2)23(13)34-17/h4-5,8-11,20,28,30H,3,6-7H2,1-2H3. The molecule has 1 aliphatic rings. The van der Waals surface area contributed by atoms with Gasteiger partial charge in [-0.15, -0.1) is 0 Å². The van der Waals surface area contributed by atoms with Gasteiger partial charge in [0.2, 0.25) is 5.78 Å². The van der Waals surface area contributed by atoms with E-state index < -0.39 is 23.5 Å². The predicted octanol–water partition coefficient (Wildman–Crippen LogP) is 5.07. The molecule has 34 heavy (non-hydrogen) atoms. The lowest BCUT2D eigenvalue weighted by Gasteiger charge is -2.26. The summed E-state index contributed by atoms with van der Waals surface area (Å²) in [5.74, 6) is -1.97. The Balaban J connectivity index is 1.81. The second-order valence-electron chi connectivity index (χ2n) is 7.69. The van der Waals surface area contributed by atoms with Gasteiger partial charge in [-0.3, -0.25) is 9.59 Å². The average molecular weight is 506 g/mol. The van der Waals surface area contributed by atoms with E-state index in [0.29, 0.717) is 40.3 Å². The van der Waals surface area contributed by atoms with E-state index >= 15 is 0 Å². The molecule has 178 valence electrons. The maximum absolute atomic E-state index is 13.6. The van der Waals surface area contributed by atoms with E-state index in [1.165, 1.54) is 43.4 Å². The van der Waals surface area contributed by atoms with Crippen LogP contribution in [-0.2, 0) is 9.53 Å². The quantitative estimate of drug-likeness (QED) is 0.324. The van der Waals surface area contributed by atoms with Crippen LogP contribution in [-0.4, -0.2) is 54.2 Å². The summed E-state index contributed by atoms with van der Waals surface area (Å²) in [6.45, 7) is 0.585. The van der Waals surface area contributed by atoms with Crippen molar-refractivity contribution in [2.45, 2.75) is 12.5 Å². The summed E-state index contributed by atoms with van der Waals surface area (Å²) in [5.41, 5.74) is 0.590. The number of nitrogens with zero attached hydrogens (tertiary/aromatic N) is 1. The summed E-state index contributed by atoms with van der Waals surface area (Å²) in [4.78, 5) is 27.9. The molecule has 2 N–H and O–H groups in total. The highest BCUT2D eigenvalue weighted by molar-refractivity contribution is 6.32. The molecule has 0 fully saturated rings. The number of hydrogen-bond donors (Lipinski definition) is 2. The third kappa shape index (κ3) is 4.20. The second kappa shape index (κ2) is 9.58. The van der Waals surface area contributed by atoms with Crippen LogP contribution in [0.4, 0.5) is 0 Å². The van der Waals surface area contributed by atoms with E-state index in [2.05, 4.69) is 0 Å². The van der Waals surface area contributed by atoms with Gasteiger partial charge in [0.25, 0.3) is 5.91 Å².